The Morgan fingerprint density at radius 2 is 1.91 bits per heavy atom. The lowest BCUT2D eigenvalue weighted by Gasteiger charge is -2.44. The normalized spacial score (nSPS) is 17.4. The van der Waals surface area contributed by atoms with E-state index in [2.05, 4.69) is 12.2 Å². The van der Waals surface area contributed by atoms with Crippen LogP contribution in [0.15, 0.2) is 42.5 Å². The fraction of sp³-hybridized carbons (Fsp3) is 0.462. The zero-order valence-corrected chi connectivity index (χ0v) is 19.2. The predicted octanol–water partition coefficient (Wildman–Crippen LogP) is 5.15. The fourth-order valence-electron chi connectivity index (χ4n) is 4.59. The number of halogens is 1. The number of nitrogens with one attached hydrogen (secondary N) is 1. The van der Waals surface area contributed by atoms with Gasteiger partial charge in [0.2, 0.25) is 5.91 Å². The smallest absolute Gasteiger partial charge is 0.322 e. The first-order chi connectivity index (χ1) is 16.0. The van der Waals surface area contributed by atoms with E-state index in [4.69, 9.17) is 4.74 Å². The summed E-state index contributed by atoms with van der Waals surface area (Å²) in [7, 11) is 0. The van der Waals surface area contributed by atoms with Crippen LogP contribution in [0.1, 0.15) is 56.2 Å². The molecule has 1 saturated heterocycles. The number of fused-ring (bicyclic) bond motifs is 3. The third-order valence-corrected chi connectivity index (χ3v) is 6.41. The third-order valence-electron chi connectivity index (χ3n) is 6.41. The van der Waals surface area contributed by atoms with Crippen molar-refractivity contribution < 1.29 is 18.7 Å². The van der Waals surface area contributed by atoms with Gasteiger partial charge >= 0.3 is 6.03 Å². The van der Waals surface area contributed by atoms with Crippen molar-refractivity contribution in [1.82, 2.24) is 9.80 Å². The van der Waals surface area contributed by atoms with Gasteiger partial charge in [-0.05, 0) is 60.4 Å². The van der Waals surface area contributed by atoms with Crippen LogP contribution in [0.3, 0.4) is 0 Å². The molecule has 176 valence electrons. The van der Waals surface area contributed by atoms with Gasteiger partial charge in [-0.2, -0.15) is 0 Å². The van der Waals surface area contributed by atoms with Gasteiger partial charge in [-0.1, -0.05) is 38.7 Å². The summed E-state index contributed by atoms with van der Waals surface area (Å²) in [5.41, 5.74) is 2.48. The van der Waals surface area contributed by atoms with Gasteiger partial charge in [0.05, 0.1) is 12.6 Å². The second-order valence-corrected chi connectivity index (χ2v) is 8.79. The Morgan fingerprint density at radius 3 is 2.70 bits per heavy atom. The van der Waals surface area contributed by atoms with E-state index in [0.717, 1.165) is 23.3 Å². The highest BCUT2D eigenvalue weighted by Crippen LogP contribution is 2.33. The molecule has 0 bridgehead atoms. The van der Waals surface area contributed by atoms with Crippen molar-refractivity contribution >= 4 is 17.6 Å². The molecule has 2 aliphatic heterocycles. The zero-order chi connectivity index (χ0) is 23.2. The largest absolute Gasteiger partial charge is 0.494 e. The lowest BCUT2D eigenvalue weighted by atomic mass is 9.90. The van der Waals surface area contributed by atoms with E-state index in [1.165, 1.54) is 42.7 Å². The fourth-order valence-corrected chi connectivity index (χ4v) is 4.59. The Bertz CT molecular complexity index is 979. The van der Waals surface area contributed by atoms with Crippen LogP contribution in [0.2, 0.25) is 0 Å². The molecule has 33 heavy (non-hydrogen) atoms. The molecule has 1 unspecified atom stereocenters. The molecule has 4 rings (SSSR count). The summed E-state index contributed by atoms with van der Waals surface area (Å²) >= 11 is 0. The molecular weight excluding hydrogens is 421 g/mol. The van der Waals surface area contributed by atoms with Crippen LogP contribution in [0.25, 0.3) is 0 Å². The Labute approximate surface area is 194 Å². The highest BCUT2D eigenvalue weighted by atomic mass is 19.1. The highest BCUT2D eigenvalue weighted by molar-refractivity contribution is 5.93. The van der Waals surface area contributed by atoms with Crippen LogP contribution in [-0.4, -0.2) is 48.0 Å². The average molecular weight is 454 g/mol. The number of hydrogen-bond acceptors (Lipinski definition) is 3. The monoisotopic (exact) mass is 453 g/mol. The second kappa shape index (κ2) is 10.7. The third kappa shape index (κ3) is 5.64. The number of ether oxygens (including phenoxy) is 1. The number of carbonyl (C=O) groups is 2. The summed E-state index contributed by atoms with van der Waals surface area (Å²) in [6.07, 6.45) is 6.58. The molecule has 0 saturated carbocycles. The average Bonchev–Trinajstić information content (AvgIpc) is 2.81. The Kier molecular flexibility index (Phi) is 7.47. The lowest BCUT2D eigenvalue weighted by molar-refractivity contribution is -0.139. The van der Waals surface area contributed by atoms with Crippen LogP contribution in [0.4, 0.5) is 14.9 Å². The Hall–Kier alpha value is -3.09. The SMILES string of the molecule is CCCCCCCOc1ccc(NC(=O)N2CC(=O)N3CCc4cc(F)ccc4C3C2)cc1. The molecule has 0 aliphatic carbocycles. The molecule has 2 aliphatic rings. The van der Waals surface area contributed by atoms with Crippen LogP contribution in [-0.2, 0) is 11.2 Å². The molecule has 7 heteroatoms. The summed E-state index contributed by atoms with van der Waals surface area (Å²) in [4.78, 5) is 28.9. The minimum absolute atomic E-state index is 0.0398. The second-order valence-electron chi connectivity index (χ2n) is 8.79. The van der Waals surface area contributed by atoms with Gasteiger partial charge in [-0.15, -0.1) is 0 Å². The molecule has 2 heterocycles. The number of nitrogens with zero attached hydrogens (tertiary/aromatic N) is 2. The number of rotatable bonds is 8. The van der Waals surface area contributed by atoms with Crippen molar-refractivity contribution in [2.45, 2.75) is 51.5 Å². The van der Waals surface area contributed by atoms with Gasteiger partial charge in [0.15, 0.2) is 0 Å². The number of urea groups is 1. The molecule has 1 N–H and O–H groups in total. The number of hydrogen-bond donors (Lipinski definition) is 1. The van der Waals surface area contributed by atoms with Gasteiger partial charge in [-0.3, -0.25) is 4.79 Å². The summed E-state index contributed by atoms with van der Waals surface area (Å²) in [6.45, 7) is 3.86. The molecule has 0 spiro atoms. The van der Waals surface area contributed by atoms with Crippen molar-refractivity contribution in [3.05, 3.63) is 59.4 Å². The summed E-state index contributed by atoms with van der Waals surface area (Å²) < 4.78 is 19.4. The molecular formula is C26H32FN3O3. The van der Waals surface area contributed by atoms with E-state index in [1.807, 2.05) is 12.1 Å². The molecule has 6 nitrogen and oxygen atoms in total. The van der Waals surface area contributed by atoms with E-state index in [1.54, 1.807) is 23.1 Å². The molecule has 1 fully saturated rings. The van der Waals surface area contributed by atoms with Gasteiger partial charge in [-0.25, -0.2) is 9.18 Å². The number of unbranched alkanes of at least 4 members (excludes halogenated alkanes) is 4. The molecule has 0 radical (unpaired) electrons. The molecule has 2 aromatic carbocycles. The predicted molar refractivity (Wildman–Crippen MR) is 126 cm³/mol. The molecule has 3 amide bonds. The first-order valence-corrected chi connectivity index (χ1v) is 11.9. The quantitative estimate of drug-likeness (QED) is 0.563. The number of carbonyl (C=O) groups excluding carboxylic acids is 2. The van der Waals surface area contributed by atoms with E-state index in [9.17, 15) is 14.0 Å². The first-order valence-electron chi connectivity index (χ1n) is 11.9. The number of benzene rings is 2. The Morgan fingerprint density at radius 1 is 1.12 bits per heavy atom. The van der Waals surface area contributed by atoms with Crippen molar-refractivity contribution in [1.29, 1.82) is 0 Å². The molecule has 1 atom stereocenters. The van der Waals surface area contributed by atoms with Crippen molar-refractivity contribution in [3.8, 4) is 5.75 Å². The number of piperazine rings is 1. The van der Waals surface area contributed by atoms with E-state index >= 15 is 0 Å². The summed E-state index contributed by atoms with van der Waals surface area (Å²) in [6, 6.07) is 11.4. The summed E-state index contributed by atoms with van der Waals surface area (Å²) in [5.74, 6) is 0.417. The summed E-state index contributed by atoms with van der Waals surface area (Å²) in [5, 5.41) is 2.88. The maximum Gasteiger partial charge on any atom is 0.322 e. The van der Waals surface area contributed by atoms with Gasteiger partial charge in [0, 0.05) is 18.8 Å². The zero-order valence-electron chi connectivity index (χ0n) is 19.2. The maximum absolute atomic E-state index is 13.6. The Balaban J connectivity index is 1.32. The number of anilines is 1. The molecule has 0 aromatic heterocycles. The first kappa shape index (κ1) is 23.1. The van der Waals surface area contributed by atoms with Crippen LogP contribution < -0.4 is 10.1 Å². The van der Waals surface area contributed by atoms with Crippen molar-refractivity contribution in [2.24, 2.45) is 0 Å². The van der Waals surface area contributed by atoms with Crippen molar-refractivity contribution in [3.63, 3.8) is 0 Å². The van der Waals surface area contributed by atoms with E-state index < -0.39 is 0 Å². The number of amides is 3. The van der Waals surface area contributed by atoms with Crippen LogP contribution in [0.5, 0.6) is 5.75 Å². The minimum Gasteiger partial charge on any atom is -0.494 e. The van der Waals surface area contributed by atoms with Gasteiger partial charge < -0.3 is 19.9 Å². The van der Waals surface area contributed by atoms with E-state index in [0.29, 0.717) is 31.8 Å². The van der Waals surface area contributed by atoms with Gasteiger partial charge in [0.25, 0.3) is 0 Å². The molecule has 2 aromatic rings. The maximum atomic E-state index is 13.6. The minimum atomic E-state index is -0.318. The highest BCUT2D eigenvalue weighted by Gasteiger charge is 2.38. The van der Waals surface area contributed by atoms with Gasteiger partial charge in [0.1, 0.15) is 18.1 Å². The van der Waals surface area contributed by atoms with Crippen LogP contribution in [0, 0.1) is 5.82 Å². The standard InChI is InChI=1S/C26H32FN3O3/c1-2-3-4-5-6-15-33-22-10-8-21(9-11-22)28-26(32)29-17-24-23-12-7-20(27)16-19(23)13-14-30(24)25(31)18-29/h7-12,16,24H,2-6,13-15,17-18H2,1H3,(H,28,32). The lowest BCUT2D eigenvalue weighted by Crippen LogP contribution is -2.56. The van der Waals surface area contributed by atoms with Crippen molar-refractivity contribution in [2.75, 3.05) is 31.6 Å². The topological polar surface area (TPSA) is 61.9 Å². The van der Waals surface area contributed by atoms with Crippen LogP contribution >= 0.6 is 0 Å². The van der Waals surface area contributed by atoms with E-state index in [-0.39, 0.29) is 30.3 Å².